The lowest BCUT2D eigenvalue weighted by molar-refractivity contribution is -0.141. The highest BCUT2D eigenvalue weighted by atomic mass is 19.4. The number of hydrogen-bond acceptors (Lipinski definition) is 4. The van der Waals surface area contributed by atoms with Crippen molar-refractivity contribution in [2.24, 2.45) is 0 Å². The van der Waals surface area contributed by atoms with Crippen molar-refractivity contribution < 1.29 is 27.1 Å². The summed E-state index contributed by atoms with van der Waals surface area (Å²) in [5.74, 6) is -0.361. The predicted molar refractivity (Wildman–Crippen MR) is 61.1 cm³/mol. The fourth-order valence-corrected chi connectivity index (χ4v) is 1.62. The Labute approximate surface area is 111 Å². The summed E-state index contributed by atoms with van der Waals surface area (Å²) in [4.78, 5) is 11.2. The van der Waals surface area contributed by atoms with Gasteiger partial charge in [-0.15, -0.1) is 0 Å². The van der Waals surface area contributed by atoms with Gasteiger partial charge in [-0.3, -0.25) is 4.68 Å². The summed E-state index contributed by atoms with van der Waals surface area (Å²) in [6.07, 6.45) is -3.29. The van der Waals surface area contributed by atoms with E-state index in [4.69, 9.17) is 4.42 Å². The Bertz CT molecular complexity index is 615. The SMILES string of the molecule is COC(=O)c1ccc(C(C)n2ccc(C(F)(F)F)n2)o1. The second kappa shape index (κ2) is 5.03. The number of methoxy groups -OCH3 is 1. The van der Waals surface area contributed by atoms with Gasteiger partial charge in [0.15, 0.2) is 5.69 Å². The molecule has 0 saturated carbocycles. The van der Waals surface area contributed by atoms with Crippen molar-refractivity contribution in [1.29, 1.82) is 0 Å². The van der Waals surface area contributed by atoms with Crippen LogP contribution in [-0.4, -0.2) is 22.9 Å². The van der Waals surface area contributed by atoms with E-state index in [2.05, 4.69) is 9.84 Å². The third-order valence-corrected chi connectivity index (χ3v) is 2.72. The molecule has 0 aromatic carbocycles. The first-order valence-corrected chi connectivity index (χ1v) is 5.63. The number of esters is 1. The van der Waals surface area contributed by atoms with Crippen LogP contribution in [0.5, 0.6) is 0 Å². The van der Waals surface area contributed by atoms with Gasteiger partial charge in [-0.25, -0.2) is 4.79 Å². The maximum atomic E-state index is 12.5. The van der Waals surface area contributed by atoms with Crippen molar-refractivity contribution in [3.05, 3.63) is 41.6 Å². The van der Waals surface area contributed by atoms with Gasteiger partial charge in [0.2, 0.25) is 5.76 Å². The van der Waals surface area contributed by atoms with Crippen molar-refractivity contribution in [2.45, 2.75) is 19.1 Å². The minimum atomic E-state index is -4.49. The number of rotatable bonds is 3. The van der Waals surface area contributed by atoms with Crippen LogP contribution in [0.4, 0.5) is 13.2 Å². The zero-order chi connectivity index (χ0) is 14.9. The Morgan fingerprint density at radius 3 is 2.65 bits per heavy atom. The summed E-state index contributed by atoms with van der Waals surface area (Å²) in [5.41, 5.74) is -0.982. The van der Waals surface area contributed by atoms with Crippen molar-refractivity contribution >= 4 is 5.97 Å². The van der Waals surface area contributed by atoms with Crippen molar-refractivity contribution in [2.75, 3.05) is 7.11 Å². The molecule has 20 heavy (non-hydrogen) atoms. The molecule has 0 radical (unpaired) electrons. The number of aromatic nitrogens is 2. The molecule has 0 fully saturated rings. The number of halogens is 3. The fourth-order valence-electron chi connectivity index (χ4n) is 1.62. The van der Waals surface area contributed by atoms with Gasteiger partial charge >= 0.3 is 12.1 Å². The van der Waals surface area contributed by atoms with Gasteiger partial charge in [0, 0.05) is 6.20 Å². The molecule has 1 atom stereocenters. The van der Waals surface area contributed by atoms with E-state index >= 15 is 0 Å². The highest BCUT2D eigenvalue weighted by Crippen LogP contribution is 2.29. The van der Waals surface area contributed by atoms with Crippen LogP contribution in [0.2, 0.25) is 0 Å². The Kier molecular flexibility index (Phi) is 3.56. The van der Waals surface area contributed by atoms with Crippen LogP contribution >= 0.6 is 0 Å². The molecule has 5 nitrogen and oxygen atoms in total. The standard InChI is InChI=1S/C12H11F3N2O3/c1-7(8-3-4-9(20-8)11(18)19-2)17-6-5-10(16-17)12(13,14)15/h3-7H,1-2H3. The second-order valence-electron chi connectivity index (χ2n) is 4.05. The molecule has 8 heteroatoms. The highest BCUT2D eigenvalue weighted by Gasteiger charge is 2.34. The average Bonchev–Trinajstić information content (AvgIpc) is 3.05. The third-order valence-electron chi connectivity index (χ3n) is 2.72. The Hall–Kier alpha value is -2.25. The lowest BCUT2D eigenvalue weighted by atomic mass is 10.2. The first kappa shape index (κ1) is 14.2. The molecule has 0 amide bonds. The first-order chi connectivity index (χ1) is 9.32. The smallest absolute Gasteiger partial charge is 0.435 e. The Balaban J connectivity index is 2.23. The van der Waals surface area contributed by atoms with Crippen LogP contribution in [0.3, 0.4) is 0 Å². The molecule has 0 aliphatic heterocycles. The van der Waals surface area contributed by atoms with E-state index in [1.807, 2.05) is 0 Å². The number of carbonyl (C=O) groups excluding carboxylic acids is 1. The minimum absolute atomic E-state index is 0.0162. The van der Waals surface area contributed by atoms with Gasteiger partial charge in [-0.1, -0.05) is 0 Å². The average molecular weight is 288 g/mol. The molecule has 2 aromatic rings. The van der Waals surface area contributed by atoms with Crippen LogP contribution < -0.4 is 0 Å². The Morgan fingerprint density at radius 1 is 1.40 bits per heavy atom. The summed E-state index contributed by atoms with van der Waals surface area (Å²) in [5, 5.41) is 3.45. The van der Waals surface area contributed by atoms with Gasteiger partial charge in [0.05, 0.1) is 7.11 Å². The van der Waals surface area contributed by atoms with Crippen molar-refractivity contribution in [3.63, 3.8) is 0 Å². The molecule has 0 aliphatic rings. The lowest BCUT2D eigenvalue weighted by Crippen LogP contribution is -2.11. The number of carbonyl (C=O) groups is 1. The van der Waals surface area contributed by atoms with Crippen LogP contribution in [0, 0.1) is 0 Å². The molecule has 0 N–H and O–H groups in total. The number of hydrogen-bond donors (Lipinski definition) is 0. The molecule has 0 aliphatic carbocycles. The van der Waals surface area contributed by atoms with Gasteiger partial charge in [0.25, 0.3) is 0 Å². The summed E-state index contributed by atoms with van der Waals surface area (Å²) in [7, 11) is 1.21. The third kappa shape index (κ3) is 2.68. The summed E-state index contributed by atoms with van der Waals surface area (Å²) in [6.45, 7) is 1.60. The topological polar surface area (TPSA) is 57.3 Å². The molecule has 1 unspecified atom stereocenters. The molecule has 108 valence electrons. The van der Waals surface area contributed by atoms with E-state index < -0.39 is 23.9 Å². The molecule has 2 rings (SSSR count). The predicted octanol–water partition coefficient (Wildman–Crippen LogP) is 2.89. The maximum absolute atomic E-state index is 12.5. The number of nitrogens with zero attached hydrogens (tertiary/aromatic N) is 2. The van der Waals surface area contributed by atoms with E-state index in [9.17, 15) is 18.0 Å². The summed E-state index contributed by atoms with van der Waals surface area (Å²) in [6, 6.07) is 3.18. The number of furan rings is 1. The molecule has 0 saturated heterocycles. The van der Waals surface area contributed by atoms with E-state index in [0.717, 1.165) is 10.7 Å². The second-order valence-corrected chi connectivity index (χ2v) is 4.05. The fraction of sp³-hybridized carbons (Fsp3) is 0.333. The zero-order valence-electron chi connectivity index (χ0n) is 10.6. The maximum Gasteiger partial charge on any atom is 0.435 e. The van der Waals surface area contributed by atoms with Crippen LogP contribution in [0.1, 0.15) is 35.0 Å². The molecule has 0 bridgehead atoms. The van der Waals surface area contributed by atoms with E-state index in [1.54, 1.807) is 6.92 Å². The van der Waals surface area contributed by atoms with Gasteiger partial charge < -0.3 is 9.15 Å². The van der Waals surface area contributed by atoms with Gasteiger partial charge in [0.1, 0.15) is 11.8 Å². The normalized spacial score (nSPS) is 13.2. The number of alkyl halides is 3. The largest absolute Gasteiger partial charge is 0.463 e. The van der Waals surface area contributed by atoms with Crippen LogP contribution in [0.25, 0.3) is 0 Å². The molecule has 0 spiro atoms. The zero-order valence-corrected chi connectivity index (χ0v) is 10.6. The number of ether oxygens (including phenoxy) is 1. The van der Waals surface area contributed by atoms with E-state index in [1.165, 1.54) is 25.4 Å². The van der Waals surface area contributed by atoms with Gasteiger partial charge in [-0.05, 0) is 25.1 Å². The monoisotopic (exact) mass is 288 g/mol. The quantitative estimate of drug-likeness (QED) is 0.815. The minimum Gasteiger partial charge on any atom is -0.463 e. The van der Waals surface area contributed by atoms with Crippen molar-refractivity contribution in [3.8, 4) is 0 Å². The van der Waals surface area contributed by atoms with Crippen LogP contribution in [-0.2, 0) is 10.9 Å². The molecule has 2 heterocycles. The lowest BCUT2D eigenvalue weighted by Gasteiger charge is -2.09. The molecular formula is C12H11F3N2O3. The van der Waals surface area contributed by atoms with E-state index in [-0.39, 0.29) is 5.76 Å². The van der Waals surface area contributed by atoms with Crippen molar-refractivity contribution in [1.82, 2.24) is 9.78 Å². The van der Waals surface area contributed by atoms with Crippen LogP contribution in [0.15, 0.2) is 28.8 Å². The summed E-state index contributed by atoms with van der Waals surface area (Å²) < 4.78 is 48.2. The molecule has 2 aromatic heterocycles. The first-order valence-electron chi connectivity index (χ1n) is 5.63. The van der Waals surface area contributed by atoms with E-state index in [0.29, 0.717) is 5.76 Å². The Morgan fingerprint density at radius 2 is 2.10 bits per heavy atom. The highest BCUT2D eigenvalue weighted by molar-refractivity contribution is 5.86. The molecular weight excluding hydrogens is 277 g/mol. The van der Waals surface area contributed by atoms with Gasteiger partial charge in [-0.2, -0.15) is 18.3 Å². The summed E-state index contributed by atoms with van der Waals surface area (Å²) >= 11 is 0.